The number of halogens is 2. The Labute approximate surface area is 235 Å². The molecule has 3 amide bonds. The van der Waals surface area contributed by atoms with E-state index in [1.54, 1.807) is 24.0 Å². The fourth-order valence-electron chi connectivity index (χ4n) is 4.44. The summed E-state index contributed by atoms with van der Waals surface area (Å²) in [6.07, 6.45) is 0.654. The minimum absolute atomic E-state index is 0.0579. The summed E-state index contributed by atoms with van der Waals surface area (Å²) in [4.78, 5) is 40.1. The first-order chi connectivity index (χ1) is 19.1. The Bertz CT molecular complexity index is 1120. The summed E-state index contributed by atoms with van der Waals surface area (Å²) in [5.41, 5.74) is 1.58. The molecule has 3 N–H and O–H groups in total. The lowest BCUT2D eigenvalue weighted by Crippen LogP contribution is -2.46. The number of aryl methyl sites for hydroxylation is 1. The third-order valence-corrected chi connectivity index (χ3v) is 6.32. The number of nitrogens with zero attached hydrogens (tertiary/aromatic N) is 1. The van der Waals surface area contributed by atoms with Crippen LogP contribution in [0.15, 0.2) is 36.4 Å². The van der Waals surface area contributed by atoms with Gasteiger partial charge in [0.1, 0.15) is 11.6 Å². The number of methoxy groups -OCH3 is 1. The van der Waals surface area contributed by atoms with Gasteiger partial charge in [-0.2, -0.15) is 0 Å². The normalized spacial score (nSPS) is 12.5. The van der Waals surface area contributed by atoms with E-state index in [1.807, 2.05) is 13.8 Å². The van der Waals surface area contributed by atoms with Gasteiger partial charge in [-0.05, 0) is 74.1 Å². The lowest BCUT2D eigenvalue weighted by atomic mass is 9.97. The minimum atomic E-state index is -1.14. The number of hydrogen-bond donors (Lipinski definition) is 3. The molecule has 2 rings (SSSR count). The first-order valence-corrected chi connectivity index (χ1v) is 13.7. The van der Waals surface area contributed by atoms with Crippen molar-refractivity contribution in [2.24, 2.45) is 0 Å². The molecule has 2 aromatic rings. The standard InChI is InChI=1S/C30H41F2N3O5/c1-5-10-35(11-6-2)30(39)23-14-20(3)13-22(18-23)29(38)34-26(17-21-15-24(31)19-25(32)16-21)27(36)7-9-33-28(37)8-12-40-4/h13-16,18-19,26-27,36H,5-12,17H2,1-4H3,(H,33,37)(H,34,38)/t26-,27-/m0/s1. The van der Waals surface area contributed by atoms with E-state index in [1.165, 1.54) is 13.2 Å². The molecule has 2 atom stereocenters. The highest BCUT2D eigenvalue weighted by atomic mass is 19.1. The largest absolute Gasteiger partial charge is 0.391 e. The van der Waals surface area contributed by atoms with Crippen LogP contribution in [0.4, 0.5) is 8.78 Å². The van der Waals surface area contributed by atoms with Crippen LogP contribution in [0.3, 0.4) is 0 Å². The van der Waals surface area contributed by atoms with Crippen LogP contribution in [0.2, 0.25) is 0 Å². The number of carbonyl (C=O) groups is 3. The Morgan fingerprint density at radius 2 is 1.60 bits per heavy atom. The maximum absolute atomic E-state index is 13.9. The van der Waals surface area contributed by atoms with Gasteiger partial charge in [0.25, 0.3) is 11.8 Å². The van der Waals surface area contributed by atoms with Gasteiger partial charge in [-0.15, -0.1) is 0 Å². The van der Waals surface area contributed by atoms with E-state index in [0.717, 1.165) is 31.0 Å². The Balaban J connectivity index is 2.25. The van der Waals surface area contributed by atoms with Gasteiger partial charge in [-0.1, -0.05) is 13.8 Å². The number of ether oxygens (including phenoxy) is 1. The van der Waals surface area contributed by atoms with Crippen molar-refractivity contribution in [1.29, 1.82) is 0 Å². The molecule has 40 heavy (non-hydrogen) atoms. The molecule has 0 spiro atoms. The van der Waals surface area contributed by atoms with E-state index >= 15 is 0 Å². The third kappa shape index (κ3) is 10.7. The number of hydrogen-bond acceptors (Lipinski definition) is 5. The molecule has 0 unspecified atom stereocenters. The van der Waals surface area contributed by atoms with Crippen molar-refractivity contribution in [3.05, 3.63) is 70.3 Å². The monoisotopic (exact) mass is 561 g/mol. The summed E-state index contributed by atoms with van der Waals surface area (Å²) >= 11 is 0. The van der Waals surface area contributed by atoms with Crippen LogP contribution in [0.25, 0.3) is 0 Å². The van der Waals surface area contributed by atoms with E-state index in [0.29, 0.717) is 24.2 Å². The molecule has 8 nitrogen and oxygen atoms in total. The topological polar surface area (TPSA) is 108 Å². The second-order valence-corrected chi connectivity index (χ2v) is 9.89. The molecule has 0 aliphatic carbocycles. The molecule has 10 heteroatoms. The van der Waals surface area contributed by atoms with Crippen molar-refractivity contribution < 1.29 is 33.0 Å². The lowest BCUT2D eigenvalue weighted by molar-refractivity contribution is -0.122. The number of amides is 3. The number of rotatable bonds is 16. The van der Waals surface area contributed by atoms with E-state index in [4.69, 9.17) is 4.74 Å². The molecule has 0 aliphatic rings. The van der Waals surface area contributed by atoms with Gasteiger partial charge in [0.15, 0.2) is 0 Å². The Morgan fingerprint density at radius 3 is 2.20 bits per heavy atom. The second kappa shape index (κ2) is 16.7. The molecular weight excluding hydrogens is 520 g/mol. The first-order valence-electron chi connectivity index (χ1n) is 13.7. The fraction of sp³-hybridized carbons (Fsp3) is 0.500. The average Bonchev–Trinajstić information content (AvgIpc) is 2.90. The zero-order chi connectivity index (χ0) is 29.7. The maximum Gasteiger partial charge on any atom is 0.253 e. The fourth-order valence-corrected chi connectivity index (χ4v) is 4.44. The van der Waals surface area contributed by atoms with Gasteiger partial charge in [-0.3, -0.25) is 14.4 Å². The van der Waals surface area contributed by atoms with Crippen molar-refractivity contribution in [3.8, 4) is 0 Å². The zero-order valence-electron chi connectivity index (χ0n) is 23.8. The van der Waals surface area contributed by atoms with Crippen LogP contribution in [-0.4, -0.2) is 73.2 Å². The van der Waals surface area contributed by atoms with Crippen molar-refractivity contribution in [2.45, 2.75) is 65.0 Å². The summed E-state index contributed by atoms with van der Waals surface area (Å²) in [6, 6.07) is 6.98. The number of aliphatic hydroxyl groups excluding tert-OH is 1. The van der Waals surface area contributed by atoms with Crippen LogP contribution >= 0.6 is 0 Å². The smallest absolute Gasteiger partial charge is 0.253 e. The molecule has 0 aromatic heterocycles. The third-order valence-electron chi connectivity index (χ3n) is 6.32. The summed E-state index contributed by atoms with van der Waals surface area (Å²) < 4.78 is 32.6. The predicted molar refractivity (Wildman–Crippen MR) is 149 cm³/mol. The Kier molecular flexibility index (Phi) is 13.7. The van der Waals surface area contributed by atoms with Gasteiger partial charge in [0.05, 0.1) is 18.8 Å². The van der Waals surface area contributed by atoms with E-state index in [9.17, 15) is 28.3 Å². The molecular formula is C30H41F2N3O5. The van der Waals surface area contributed by atoms with Gasteiger partial charge < -0.3 is 25.4 Å². The van der Waals surface area contributed by atoms with Crippen molar-refractivity contribution in [1.82, 2.24) is 15.5 Å². The molecule has 2 aromatic carbocycles. The van der Waals surface area contributed by atoms with Gasteiger partial charge in [0.2, 0.25) is 5.91 Å². The maximum atomic E-state index is 13.9. The van der Waals surface area contributed by atoms with E-state index < -0.39 is 29.7 Å². The molecule has 0 radical (unpaired) electrons. The predicted octanol–water partition coefficient (Wildman–Crippen LogP) is 3.78. The molecule has 0 saturated carbocycles. The first kappa shape index (κ1) is 32.8. The number of carbonyl (C=O) groups excluding carboxylic acids is 3. The SMILES string of the molecule is CCCN(CCC)C(=O)c1cc(C)cc(C(=O)N[C@@H](Cc2cc(F)cc(F)c2)[C@@H](O)CCNC(=O)CCOC)c1. The number of aliphatic hydroxyl groups is 1. The van der Waals surface area contributed by atoms with E-state index in [2.05, 4.69) is 10.6 Å². The minimum Gasteiger partial charge on any atom is -0.391 e. The van der Waals surface area contributed by atoms with E-state index in [-0.39, 0.29) is 55.4 Å². The average molecular weight is 562 g/mol. The van der Waals surface area contributed by atoms with Gasteiger partial charge >= 0.3 is 0 Å². The van der Waals surface area contributed by atoms with Crippen molar-refractivity contribution in [3.63, 3.8) is 0 Å². The highest BCUT2D eigenvalue weighted by Gasteiger charge is 2.24. The molecule has 0 fully saturated rings. The highest BCUT2D eigenvalue weighted by molar-refractivity contribution is 6.00. The van der Waals surface area contributed by atoms with Gasteiger partial charge in [0, 0.05) is 50.4 Å². The van der Waals surface area contributed by atoms with Crippen LogP contribution in [0.1, 0.15) is 71.4 Å². The van der Waals surface area contributed by atoms with Crippen molar-refractivity contribution in [2.75, 3.05) is 33.4 Å². The van der Waals surface area contributed by atoms with Crippen LogP contribution in [0, 0.1) is 18.6 Å². The summed E-state index contributed by atoms with van der Waals surface area (Å²) in [5, 5.41) is 16.4. The summed E-state index contributed by atoms with van der Waals surface area (Å²) in [5.74, 6) is -2.51. The second-order valence-electron chi connectivity index (χ2n) is 9.89. The lowest BCUT2D eigenvalue weighted by Gasteiger charge is -2.25. The Morgan fingerprint density at radius 1 is 0.975 bits per heavy atom. The number of nitrogens with one attached hydrogen (secondary N) is 2. The highest BCUT2D eigenvalue weighted by Crippen LogP contribution is 2.16. The van der Waals surface area contributed by atoms with Crippen LogP contribution in [-0.2, 0) is 16.0 Å². The zero-order valence-corrected chi connectivity index (χ0v) is 23.8. The Hall–Kier alpha value is -3.37. The summed E-state index contributed by atoms with van der Waals surface area (Å²) in [6.45, 7) is 7.35. The van der Waals surface area contributed by atoms with Crippen LogP contribution < -0.4 is 10.6 Å². The summed E-state index contributed by atoms with van der Waals surface area (Å²) in [7, 11) is 1.49. The molecule has 220 valence electrons. The quantitative estimate of drug-likeness (QED) is 0.289. The van der Waals surface area contributed by atoms with Crippen molar-refractivity contribution >= 4 is 17.7 Å². The molecule has 0 bridgehead atoms. The van der Waals surface area contributed by atoms with Crippen LogP contribution in [0.5, 0.6) is 0 Å². The van der Waals surface area contributed by atoms with Gasteiger partial charge in [-0.25, -0.2) is 8.78 Å². The molecule has 0 saturated heterocycles. The molecule has 0 heterocycles. The number of benzene rings is 2. The molecule has 0 aliphatic heterocycles.